The quantitative estimate of drug-likeness (QED) is 0.463. The minimum Gasteiger partial charge on any atom is -0.511 e. The molecule has 144 valence electrons. The molecule has 0 radical (unpaired) electrons. The van der Waals surface area contributed by atoms with Crippen molar-refractivity contribution in [2.24, 2.45) is 5.92 Å². The highest BCUT2D eigenvalue weighted by molar-refractivity contribution is 6.27. The predicted molar refractivity (Wildman–Crippen MR) is 95.3 cm³/mol. The Balaban J connectivity index is 1.63. The number of carbonyl (C=O) groups excluding carboxylic acids is 2. The van der Waals surface area contributed by atoms with Gasteiger partial charge in [-0.2, -0.15) is 0 Å². The summed E-state index contributed by atoms with van der Waals surface area (Å²) >= 11 is 0. The Morgan fingerprint density at radius 3 is 2.59 bits per heavy atom. The lowest BCUT2D eigenvalue weighted by atomic mass is 9.92. The van der Waals surface area contributed by atoms with Gasteiger partial charge in [0.25, 0.3) is 5.91 Å². The Labute approximate surface area is 157 Å². The van der Waals surface area contributed by atoms with Gasteiger partial charge in [-0.1, -0.05) is 19.1 Å². The van der Waals surface area contributed by atoms with Crippen molar-refractivity contribution in [1.29, 1.82) is 0 Å². The number of epoxide rings is 1. The maximum absolute atomic E-state index is 12.7. The summed E-state index contributed by atoms with van der Waals surface area (Å²) < 4.78 is 11.3. The van der Waals surface area contributed by atoms with E-state index in [9.17, 15) is 19.8 Å². The van der Waals surface area contributed by atoms with Crippen LogP contribution in [0.25, 0.3) is 0 Å². The lowest BCUT2D eigenvalue weighted by molar-refractivity contribution is -0.117. The standard InChI is InChI=1S/C20H23NO6/c1-10-14(22)6-7-15-16(27-15)9-26-12-4-2-11(3-5-12)8-13-19(24)17(18(10)23)20(25)21-13/h2-5,10,13-16,22-23H,6-9H2,1H3,(H,21,25)/b18-17-/t10-,13+,14+,15+,16+/m1/s1. The highest BCUT2D eigenvalue weighted by Gasteiger charge is 2.42. The van der Waals surface area contributed by atoms with Crippen molar-refractivity contribution in [3.63, 3.8) is 0 Å². The maximum Gasteiger partial charge on any atom is 0.259 e. The Morgan fingerprint density at radius 2 is 1.85 bits per heavy atom. The zero-order valence-electron chi connectivity index (χ0n) is 15.1. The summed E-state index contributed by atoms with van der Waals surface area (Å²) in [5.74, 6) is -1.37. The first-order chi connectivity index (χ1) is 12.9. The minimum atomic E-state index is -0.873. The Bertz CT molecular complexity index is 786. The van der Waals surface area contributed by atoms with Crippen LogP contribution in [0.1, 0.15) is 25.3 Å². The van der Waals surface area contributed by atoms with E-state index in [2.05, 4.69) is 5.32 Å². The fourth-order valence-electron chi connectivity index (χ4n) is 3.68. The van der Waals surface area contributed by atoms with E-state index in [0.717, 1.165) is 5.56 Å². The van der Waals surface area contributed by atoms with E-state index in [4.69, 9.17) is 9.47 Å². The fourth-order valence-corrected chi connectivity index (χ4v) is 3.68. The van der Waals surface area contributed by atoms with Crippen molar-refractivity contribution in [3.05, 3.63) is 41.2 Å². The molecule has 0 unspecified atom stereocenters. The fraction of sp³-hybridized carbons (Fsp3) is 0.500. The SMILES string of the molecule is C[C@H]1/C(O)=C2/C(=O)N[C@@H](Cc3ccc(cc3)OC[C@@H]3O[C@H]3CC[C@@H]1O)C2=O. The van der Waals surface area contributed by atoms with Crippen LogP contribution in [0.5, 0.6) is 5.75 Å². The lowest BCUT2D eigenvalue weighted by Crippen LogP contribution is -2.31. The summed E-state index contributed by atoms with van der Waals surface area (Å²) in [5, 5.41) is 23.5. The van der Waals surface area contributed by atoms with Crippen LogP contribution in [-0.2, 0) is 20.7 Å². The van der Waals surface area contributed by atoms with Gasteiger partial charge < -0.3 is 25.0 Å². The molecule has 2 fully saturated rings. The van der Waals surface area contributed by atoms with Crippen LogP contribution in [0.2, 0.25) is 0 Å². The van der Waals surface area contributed by atoms with Gasteiger partial charge in [0.15, 0.2) is 5.78 Å². The summed E-state index contributed by atoms with van der Waals surface area (Å²) in [5.41, 5.74) is 0.635. The number of nitrogens with one attached hydrogen (secondary N) is 1. The highest BCUT2D eigenvalue weighted by atomic mass is 16.6. The number of carbonyl (C=O) groups is 2. The van der Waals surface area contributed by atoms with Crippen molar-refractivity contribution in [3.8, 4) is 5.75 Å². The summed E-state index contributed by atoms with van der Waals surface area (Å²) in [6.45, 7) is 2.06. The van der Waals surface area contributed by atoms with E-state index in [1.807, 2.05) is 24.3 Å². The molecule has 1 aromatic rings. The van der Waals surface area contributed by atoms with Crippen LogP contribution in [0, 0.1) is 5.92 Å². The molecule has 2 saturated heterocycles. The van der Waals surface area contributed by atoms with Gasteiger partial charge in [-0.05, 0) is 30.5 Å². The molecule has 4 aliphatic rings. The number of Topliss-reactive ketones (excluding diaryl/α,β-unsaturated/α-hetero) is 1. The smallest absolute Gasteiger partial charge is 0.259 e. The van der Waals surface area contributed by atoms with Crippen LogP contribution in [0.4, 0.5) is 0 Å². The molecule has 0 saturated carbocycles. The molecule has 0 aromatic heterocycles. The molecule has 0 aliphatic carbocycles. The van der Waals surface area contributed by atoms with E-state index >= 15 is 0 Å². The number of amides is 1. The van der Waals surface area contributed by atoms with Crippen molar-refractivity contribution in [2.45, 2.75) is 50.5 Å². The number of benzene rings is 1. The number of hydrogen-bond donors (Lipinski definition) is 3. The number of fused-ring (bicyclic) bond motifs is 7. The second-order valence-electron chi connectivity index (χ2n) is 7.46. The average Bonchev–Trinajstić information content (AvgIpc) is 3.35. The summed E-state index contributed by atoms with van der Waals surface area (Å²) in [6, 6.07) is 6.64. The molecule has 0 spiro atoms. The Hall–Kier alpha value is -2.38. The van der Waals surface area contributed by atoms with Gasteiger partial charge in [-0.15, -0.1) is 0 Å². The van der Waals surface area contributed by atoms with Gasteiger partial charge in [-0.25, -0.2) is 0 Å². The van der Waals surface area contributed by atoms with Crippen LogP contribution < -0.4 is 10.1 Å². The number of hydrogen-bond acceptors (Lipinski definition) is 6. The van der Waals surface area contributed by atoms with Gasteiger partial charge in [0.2, 0.25) is 0 Å². The molecule has 4 bridgehead atoms. The number of aliphatic hydroxyl groups excluding tert-OH is 2. The van der Waals surface area contributed by atoms with Crippen LogP contribution >= 0.6 is 0 Å². The molecule has 1 aromatic carbocycles. The molecular formula is C20H23NO6. The van der Waals surface area contributed by atoms with E-state index in [0.29, 0.717) is 31.6 Å². The topological polar surface area (TPSA) is 108 Å². The minimum absolute atomic E-state index is 0.00168. The third-order valence-corrected chi connectivity index (χ3v) is 5.57. The average molecular weight is 373 g/mol. The Morgan fingerprint density at radius 1 is 1.11 bits per heavy atom. The van der Waals surface area contributed by atoms with Crippen LogP contribution in [0.15, 0.2) is 35.6 Å². The lowest BCUT2D eigenvalue weighted by Gasteiger charge is -2.18. The first kappa shape index (κ1) is 18.0. The first-order valence-electron chi connectivity index (χ1n) is 9.27. The van der Waals surface area contributed by atoms with Crippen LogP contribution in [-0.4, -0.2) is 52.9 Å². The molecule has 7 heteroatoms. The van der Waals surface area contributed by atoms with E-state index < -0.39 is 29.8 Å². The van der Waals surface area contributed by atoms with Gasteiger partial charge in [0.05, 0.1) is 18.2 Å². The molecule has 4 heterocycles. The molecule has 1 amide bonds. The van der Waals surface area contributed by atoms with E-state index in [-0.39, 0.29) is 23.5 Å². The predicted octanol–water partition coefficient (Wildman–Crippen LogP) is 1.05. The molecule has 5 atom stereocenters. The normalized spacial score (nSPS) is 36.6. The van der Waals surface area contributed by atoms with E-state index in [1.54, 1.807) is 6.92 Å². The third-order valence-electron chi connectivity index (χ3n) is 5.57. The summed E-state index contributed by atoms with van der Waals surface area (Å²) in [6.07, 6.45) is 0.473. The largest absolute Gasteiger partial charge is 0.511 e. The number of aliphatic hydroxyl groups is 2. The molecule has 7 nitrogen and oxygen atoms in total. The van der Waals surface area contributed by atoms with Crippen molar-refractivity contribution in [2.75, 3.05) is 6.61 Å². The molecule has 4 aliphatic heterocycles. The van der Waals surface area contributed by atoms with Crippen molar-refractivity contribution >= 4 is 11.7 Å². The third kappa shape index (κ3) is 3.57. The molecule has 5 rings (SSSR count). The highest BCUT2D eigenvalue weighted by Crippen LogP contribution is 2.31. The summed E-state index contributed by atoms with van der Waals surface area (Å²) in [4.78, 5) is 24.9. The monoisotopic (exact) mass is 373 g/mol. The van der Waals surface area contributed by atoms with Crippen molar-refractivity contribution < 1.29 is 29.3 Å². The Kier molecular flexibility index (Phi) is 4.65. The molecule has 3 N–H and O–H groups in total. The van der Waals surface area contributed by atoms with Crippen molar-refractivity contribution in [1.82, 2.24) is 5.32 Å². The number of rotatable bonds is 0. The zero-order valence-corrected chi connectivity index (χ0v) is 15.1. The van der Waals surface area contributed by atoms with Gasteiger partial charge >= 0.3 is 0 Å². The maximum atomic E-state index is 12.7. The first-order valence-corrected chi connectivity index (χ1v) is 9.27. The van der Waals surface area contributed by atoms with Gasteiger partial charge in [0, 0.05) is 12.3 Å². The zero-order chi connectivity index (χ0) is 19.1. The van der Waals surface area contributed by atoms with E-state index in [1.165, 1.54) is 0 Å². The molecular weight excluding hydrogens is 350 g/mol. The second kappa shape index (κ2) is 6.98. The van der Waals surface area contributed by atoms with Gasteiger partial charge in [0.1, 0.15) is 29.8 Å². The van der Waals surface area contributed by atoms with Crippen LogP contribution in [0.3, 0.4) is 0 Å². The summed E-state index contributed by atoms with van der Waals surface area (Å²) in [7, 11) is 0. The molecule has 27 heavy (non-hydrogen) atoms. The number of ketones is 1. The second-order valence-corrected chi connectivity index (χ2v) is 7.46. The number of ether oxygens (including phenoxy) is 2. The van der Waals surface area contributed by atoms with Gasteiger partial charge in [-0.3, -0.25) is 9.59 Å².